The van der Waals surface area contributed by atoms with Gasteiger partial charge in [-0.3, -0.25) is 0 Å². The number of aromatic nitrogens is 2. The van der Waals surface area contributed by atoms with E-state index < -0.39 is 17.8 Å². The summed E-state index contributed by atoms with van der Waals surface area (Å²) >= 11 is 0. The zero-order valence-corrected chi connectivity index (χ0v) is 8.51. The van der Waals surface area contributed by atoms with Gasteiger partial charge in [-0.25, -0.2) is 19.2 Å². The van der Waals surface area contributed by atoms with Crippen molar-refractivity contribution in [2.24, 2.45) is 0 Å². The molecule has 0 aliphatic carbocycles. The Balaban J connectivity index is 2.87. The van der Waals surface area contributed by atoms with Crippen LogP contribution in [0.1, 0.15) is 13.3 Å². The minimum Gasteiger partial charge on any atom is -0.480 e. The van der Waals surface area contributed by atoms with E-state index in [1.807, 2.05) is 0 Å². The number of nitrogens with zero attached hydrogens (tertiary/aromatic N) is 3. The highest BCUT2D eigenvalue weighted by atomic mass is 19.1. The molecule has 0 spiro atoms. The summed E-state index contributed by atoms with van der Waals surface area (Å²) in [6.07, 6.45) is 2.44. The fraction of sp³-hybridized carbons (Fsp3) is 0.444. The fourth-order valence-corrected chi connectivity index (χ4v) is 1.24. The third-order valence-electron chi connectivity index (χ3n) is 2.06. The molecule has 1 N–H and O–H groups in total. The number of hydrogen-bond acceptors (Lipinski definition) is 4. The van der Waals surface area contributed by atoms with Gasteiger partial charge in [0.15, 0.2) is 5.82 Å². The lowest BCUT2D eigenvalue weighted by atomic mass is 10.2. The number of halogens is 1. The zero-order chi connectivity index (χ0) is 11.4. The molecule has 1 heterocycles. The molecule has 1 unspecified atom stereocenters. The molecule has 1 aromatic heterocycles. The molecule has 0 saturated carbocycles. The average Bonchev–Trinajstić information content (AvgIpc) is 2.19. The van der Waals surface area contributed by atoms with Gasteiger partial charge in [-0.2, -0.15) is 0 Å². The predicted octanol–water partition coefficient (Wildman–Crippen LogP) is 0.915. The zero-order valence-electron chi connectivity index (χ0n) is 8.51. The Hall–Kier alpha value is -1.72. The van der Waals surface area contributed by atoms with Gasteiger partial charge in [0.05, 0.1) is 12.4 Å². The Kier molecular flexibility index (Phi) is 3.54. The second-order valence-electron chi connectivity index (χ2n) is 3.07. The van der Waals surface area contributed by atoms with Crippen LogP contribution in [-0.4, -0.2) is 34.1 Å². The van der Waals surface area contributed by atoms with E-state index in [1.165, 1.54) is 4.90 Å². The maximum absolute atomic E-state index is 12.5. The smallest absolute Gasteiger partial charge is 0.326 e. The Morgan fingerprint density at radius 2 is 2.13 bits per heavy atom. The van der Waals surface area contributed by atoms with Crippen molar-refractivity contribution in [2.45, 2.75) is 19.4 Å². The van der Waals surface area contributed by atoms with E-state index in [0.717, 1.165) is 12.4 Å². The van der Waals surface area contributed by atoms with Crippen molar-refractivity contribution >= 4 is 11.9 Å². The Morgan fingerprint density at radius 3 is 2.53 bits per heavy atom. The van der Waals surface area contributed by atoms with Crippen LogP contribution in [0.5, 0.6) is 0 Å². The highest BCUT2D eigenvalue weighted by molar-refractivity contribution is 5.76. The van der Waals surface area contributed by atoms with Crippen LogP contribution >= 0.6 is 0 Å². The normalized spacial score (nSPS) is 12.2. The number of hydrogen-bond donors (Lipinski definition) is 1. The van der Waals surface area contributed by atoms with Crippen LogP contribution in [0.15, 0.2) is 12.4 Å². The summed E-state index contributed by atoms with van der Waals surface area (Å²) in [5, 5.41) is 8.89. The van der Waals surface area contributed by atoms with Crippen molar-refractivity contribution < 1.29 is 14.3 Å². The van der Waals surface area contributed by atoms with Crippen molar-refractivity contribution in [1.29, 1.82) is 0 Å². The molecular formula is C9H12FN3O2. The number of rotatable bonds is 4. The molecule has 1 rings (SSSR count). The summed E-state index contributed by atoms with van der Waals surface area (Å²) < 4.78 is 12.5. The molecule has 0 aliphatic rings. The van der Waals surface area contributed by atoms with Gasteiger partial charge >= 0.3 is 5.97 Å². The number of likely N-dealkylation sites (N-methyl/N-ethyl adjacent to an activating group) is 1. The highest BCUT2D eigenvalue weighted by Crippen LogP contribution is 2.10. The SMILES string of the molecule is CCC(C(=O)O)N(C)c1ncc(F)cn1. The van der Waals surface area contributed by atoms with Gasteiger partial charge in [-0.15, -0.1) is 0 Å². The van der Waals surface area contributed by atoms with Gasteiger partial charge in [0.2, 0.25) is 5.95 Å². The summed E-state index contributed by atoms with van der Waals surface area (Å²) in [6, 6.07) is -0.699. The number of carbonyl (C=O) groups is 1. The summed E-state index contributed by atoms with van der Waals surface area (Å²) in [5.74, 6) is -1.30. The molecule has 5 nitrogen and oxygen atoms in total. The van der Waals surface area contributed by atoms with Crippen LogP contribution in [-0.2, 0) is 4.79 Å². The Morgan fingerprint density at radius 1 is 1.60 bits per heavy atom. The molecule has 0 aromatic carbocycles. The van der Waals surface area contributed by atoms with Crippen molar-refractivity contribution in [3.63, 3.8) is 0 Å². The van der Waals surface area contributed by atoms with E-state index in [-0.39, 0.29) is 5.95 Å². The van der Waals surface area contributed by atoms with E-state index in [2.05, 4.69) is 9.97 Å². The topological polar surface area (TPSA) is 66.3 Å². The van der Waals surface area contributed by atoms with Gasteiger partial charge in [0.25, 0.3) is 0 Å². The number of carboxylic acids is 1. The van der Waals surface area contributed by atoms with E-state index in [1.54, 1.807) is 14.0 Å². The lowest BCUT2D eigenvalue weighted by molar-refractivity contribution is -0.138. The maximum Gasteiger partial charge on any atom is 0.326 e. The first-order valence-corrected chi connectivity index (χ1v) is 4.49. The van der Waals surface area contributed by atoms with Gasteiger partial charge in [0, 0.05) is 7.05 Å². The third-order valence-corrected chi connectivity index (χ3v) is 2.06. The molecule has 1 atom stereocenters. The van der Waals surface area contributed by atoms with Crippen LogP contribution in [0.4, 0.5) is 10.3 Å². The number of anilines is 1. The van der Waals surface area contributed by atoms with Gasteiger partial charge < -0.3 is 10.0 Å². The minimum absolute atomic E-state index is 0.200. The van der Waals surface area contributed by atoms with Gasteiger partial charge in [-0.1, -0.05) is 6.92 Å². The summed E-state index contributed by atoms with van der Waals surface area (Å²) in [5.41, 5.74) is 0. The van der Waals surface area contributed by atoms with Crippen LogP contribution < -0.4 is 4.90 Å². The highest BCUT2D eigenvalue weighted by Gasteiger charge is 2.22. The Bertz CT molecular complexity index is 342. The first-order chi connectivity index (χ1) is 7.06. The number of carboxylic acid groups (broad SMARTS) is 1. The summed E-state index contributed by atoms with van der Waals surface area (Å²) in [6.45, 7) is 1.75. The quantitative estimate of drug-likeness (QED) is 0.805. The molecule has 0 fully saturated rings. The largest absolute Gasteiger partial charge is 0.480 e. The molecule has 0 amide bonds. The molecule has 0 bridgehead atoms. The lowest BCUT2D eigenvalue weighted by Crippen LogP contribution is -2.38. The second-order valence-corrected chi connectivity index (χ2v) is 3.07. The number of aliphatic carboxylic acids is 1. The lowest BCUT2D eigenvalue weighted by Gasteiger charge is -2.23. The first kappa shape index (κ1) is 11.4. The molecule has 82 valence electrons. The minimum atomic E-state index is -0.951. The van der Waals surface area contributed by atoms with E-state index in [0.29, 0.717) is 6.42 Å². The van der Waals surface area contributed by atoms with Crippen molar-refractivity contribution in [3.05, 3.63) is 18.2 Å². The summed E-state index contributed by atoms with van der Waals surface area (Å²) in [7, 11) is 1.57. The van der Waals surface area contributed by atoms with Crippen LogP contribution in [0.2, 0.25) is 0 Å². The van der Waals surface area contributed by atoms with Crippen LogP contribution in [0.3, 0.4) is 0 Å². The molecule has 0 aliphatic heterocycles. The van der Waals surface area contributed by atoms with Gasteiger partial charge in [0.1, 0.15) is 6.04 Å². The molecule has 0 saturated heterocycles. The van der Waals surface area contributed by atoms with Crippen molar-refractivity contribution in [1.82, 2.24) is 9.97 Å². The standard InChI is InChI=1S/C9H12FN3O2/c1-3-7(8(14)15)13(2)9-11-4-6(10)5-12-9/h4-5,7H,3H2,1-2H3,(H,14,15). The summed E-state index contributed by atoms with van der Waals surface area (Å²) in [4.78, 5) is 19.7. The molecular weight excluding hydrogens is 201 g/mol. The van der Waals surface area contributed by atoms with Crippen LogP contribution in [0, 0.1) is 5.82 Å². The van der Waals surface area contributed by atoms with E-state index in [9.17, 15) is 9.18 Å². The van der Waals surface area contributed by atoms with Crippen LogP contribution in [0.25, 0.3) is 0 Å². The maximum atomic E-state index is 12.5. The monoisotopic (exact) mass is 213 g/mol. The molecule has 6 heteroatoms. The van der Waals surface area contributed by atoms with Crippen molar-refractivity contribution in [3.8, 4) is 0 Å². The average molecular weight is 213 g/mol. The van der Waals surface area contributed by atoms with E-state index in [4.69, 9.17) is 5.11 Å². The second kappa shape index (κ2) is 4.68. The molecule has 15 heavy (non-hydrogen) atoms. The predicted molar refractivity (Wildman–Crippen MR) is 52.1 cm³/mol. The Labute approximate surface area is 86.6 Å². The van der Waals surface area contributed by atoms with Crippen molar-refractivity contribution in [2.75, 3.05) is 11.9 Å². The molecule has 0 radical (unpaired) electrons. The first-order valence-electron chi connectivity index (χ1n) is 4.49. The molecule has 1 aromatic rings. The third kappa shape index (κ3) is 2.61. The fourth-order valence-electron chi connectivity index (χ4n) is 1.24. The van der Waals surface area contributed by atoms with Gasteiger partial charge in [-0.05, 0) is 6.42 Å². The van der Waals surface area contributed by atoms with E-state index >= 15 is 0 Å².